The Balaban J connectivity index is 2.19. The van der Waals surface area contributed by atoms with Crippen molar-refractivity contribution < 1.29 is 14.3 Å². The third-order valence-corrected chi connectivity index (χ3v) is 4.43. The van der Waals surface area contributed by atoms with Gasteiger partial charge in [0.15, 0.2) is 0 Å². The number of carbonyl (C=O) groups excluding carboxylic acids is 2. The molecule has 0 bridgehead atoms. The van der Waals surface area contributed by atoms with Crippen molar-refractivity contribution in [2.75, 3.05) is 13.2 Å². The Kier molecular flexibility index (Phi) is 6.96. The minimum absolute atomic E-state index is 0.0713. The summed E-state index contributed by atoms with van der Waals surface area (Å²) in [5.74, 6) is -0.354. The number of hydrogen-bond donors (Lipinski definition) is 0. The summed E-state index contributed by atoms with van der Waals surface area (Å²) in [6.07, 6.45) is 0.191. The van der Waals surface area contributed by atoms with Crippen LogP contribution in [0.5, 0.6) is 0 Å². The lowest BCUT2D eigenvalue weighted by atomic mass is 10.0. The van der Waals surface area contributed by atoms with Crippen molar-refractivity contribution in [3.63, 3.8) is 0 Å². The molecular formula is C22H27NO3. The van der Waals surface area contributed by atoms with Crippen LogP contribution in [0.4, 0.5) is 0 Å². The van der Waals surface area contributed by atoms with Gasteiger partial charge in [0.2, 0.25) is 0 Å². The zero-order valence-electron chi connectivity index (χ0n) is 16.0. The molecule has 4 heteroatoms. The fourth-order valence-electron chi connectivity index (χ4n) is 2.68. The smallest absolute Gasteiger partial charge is 0.307 e. The molecule has 0 saturated carbocycles. The molecule has 0 saturated heterocycles. The fraction of sp³-hybridized carbons (Fsp3) is 0.364. The van der Waals surface area contributed by atoms with E-state index in [1.807, 2.05) is 63.2 Å². The highest BCUT2D eigenvalue weighted by Gasteiger charge is 2.18. The Labute approximate surface area is 155 Å². The average molecular weight is 353 g/mol. The molecule has 2 aromatic carbocycles. The molecule has 2 aromatic rings. The van der Waals surface area contributed by atoms with Gasteiger partial charge in [0.25, 0.3) is 5.91 Å². The van der Waals surface area contributed by atoms with Crippen molar-refractivity contribution in [1.29, 1.82) is 0 Å². The first kappa shape index (κ1) is 19.7. The molecule has 0 aromatic heterocycles. The van der Waals surface area contributed by atoms with Crippen LogP contribution in [0.3, 0.4) is 0 Å². The van der Waals surface area contributed by atoms with Crippen LogP contribution in [0.2, 0.25) is 0 Å². The van der Waals surface area contributed by atoms with Crippen LogP contribution in [-0.2, 0) is 16.1 Å². The first-order valence-corrected chi connectivity index (χ1v) is 8.98. The number of aryl methyl sites for hydroxylation is 3. The van der Waals surface area contributed by atoms with E-state index in [1.54, 1.807) is 11.8 Å². The Hall–Kier alpha value is -2.62. The number of esters is 1. The van der Waals surface area contributed by atoms with Gasteiger partial charge in [-0.2, -0.15) is 0 Å². The lowest BCUT2D eigenvalue weighted by molar-refractivity contribution is -0.143. The van der Waals surface area contributed by atoms with Crippen molar-refractivity contribution in [3.8, 4) is 0 Å². The van der Waals surface area contributed by atoms with E-state index < -0.39 is 0 Å². The minimum atomic E-state index is -0.283. The summed E-state index contributed by atoms with van der Waals surface area (Å²) in [5, 5.41) is 0. The predicted molar refractivity (Wildman–Crippen MR) is 103 cm³/mol. The van der Waals surface area contributed by atoms with Gasteiger partial charge in [0, 0.05) is 18.7 Å². The number of benzene rings is 2. The van der Waals surface area contributed by atoms with E-state index in [4.69, 9.17) is 4.74 Å². The molecule has 0 aliphatic rings. The van der Waals surface area contributed by atoms with E-state index in [1.165, 1.54) is 5.56 Å². The molecule has 0 radical (unpaired) electrons. The third-order valence-electron chi connectivity index (χ3n) is 4.43. The summed E-state index contributed by atoms with van der Waals surface area (Å²) in [6.45, 7) is 8.97. The fourth-order valence-corrected chi connectivity index (χ4v) is 2.68. The molecule has 0 atom stereocenters. The van der Waals surface area contributed by atoms with E-state index in [0.717, 1.165) is 16.7 Å². The zero-order chi connectivity index (χ0) is 19.1. The highest BCUT2D eigenvalue weighted by Crippen LogP contribution is 2.15. The van der Waals surface area contributed by atoms with E-state index in [-0.39, 0.29) is 18.3 Å². The van der Waals surface area contributed by atoms with Crippen molar-refractivity contribution in [2.45, 2.75) is 40.7 Å². The van der Waals surface area contributed by atoms with Gasteiger partial charge in [-0.3, -0.25) is 9.59 Å². The second-order valence-corrected chi connectivity index (χ2v) is 6.57. The molecule has 0 spiro atoms. The average Bonchev–Trinajstić information content (AvgIpc) is 2.62. The van der Waals surface area contributed by atoms with Crippen LogP contribution in [0.25, 0.3) is 0 Å². The molecule has 0 N–H and O–H groups in total. The Bertz CT molecular complexity index is 765. The van der Waals surface area contributed by atoms with Crippen LogP contribution in [-0.4, -0.2) is 29.9 Å². The molecule has 0 aliphatic carbocycles. The predicted octanol–water partition coefficient (Wildman–Crippen LogP) is 4.21. The van der Waals surface area contributed by atoms with Gasteiger partial charge in [0.1, 0.15) is 0 Å². The van der Waals surface area contributed by atoms with E-state index in [9.17, 15) is 9.59 Å². The maximum Gasteiger partial charge on any atom is 0.307 e. The molecule has 0 unspecified atom stereocenters. The summed E-state index contributed by atoms with van der Waals surface area (Å²) >= 11 is 0. The molecule has 2 rings (SSSR count). The lowest BCUT2D eigenvalue weighted by Gasteiger charge is -2.23. The second kappa shape index (κ2) is 9.18. The van der Waals surface area contributed by atoms with Crippen LogP contribution < -0.4 is 0 Å². The molecule has 1 amide bonds. The second-order valence-electron chi connectivity index (χ2n) is 6.57. The number of hydrogen-bond acceptors (Lipinski definition) is 3. The van der Waals surface area contributed by atoms with Gasteiger partial charge in [-0.15, -0.1) is 0 Å². The summed E-state index contributed by atoms with van der Waals surface area (Å²) in [5.41, 5.74) is 5.09. The van der Waals surface area contributed by atoms with Gasteiger partial charge in [-0.1, -0.05) is 35.9 Å². The normalized spacial score (nSPS) is 10.5. The van der Waals surface area contributed by atoms with Crippen LogP contribution in [0, 0.1) is 20.8 Å². The van der Waals surface area contributed by atoms with Crippen LogP contribution >= 0.6 is 0 Å². The standard InChI is InChI=1S/C22H27NO3/c1-5-26-21(24)12-13-23(15-19-9-6-16(2)7-10-19)22(25)20-11-8-17(3)18(4)14-20/h6-11,14H,5,12-13,15H2,1-4H3. The first-order chi connectivity index (χ1) is 12.4. The topological polar surface area (TPSA) is 46.6 Å². The van der Waals surface area contributed by atoms with Crippen LogP contribution in [0.1, 0.15) is 46.0 Å². The third kappa shape index (κ3) is 5.45. The van der Waals surface area contributed by atoms with Crippen molar-refractivity contribution in [3.05, 3.63) is 70.3 Å². The van der Waals surface area contributed by atoms with E-state index >= 15 is 0 Å². The lowest BCUT2D eigenvalue weighted by Crippen LogP contribution is -2.33. The summed E-state index contributed by atoms with van der Waals surface area (Å²) in [4.78, 5) is 26.5. The van der Waals surface area contributed by atoms with Crippen molar-refractivity contribution in [2.24, 2.45) is 0 Å². The molecule has 138 valence electrons. The number of amides is 1. The highest BCUT2D eigenvalue weighted by molar-refractivity contribution is 5.94. The zero-order valence-corrected chi connectivity index (χ0v) is 16.0. The maximum atomic E-state index is 13.0. The Morgan fingerprint density at radius 1 is 0.962 bits per heavy atom. The number of ether oxygens (including phenoxy) is 1. The quantitative estimate of drug-likeness (QED) is 0.701. The molecule has 0 fully saturated rings. The molecular weight excluding hydrogens is 326 g/mol. The number of rotatable bonds is 7. The molecule has 0 aliphatic heterocycles. The Morgan fingerprint density at radius 3 is 2.27 bits per heavy atom. The highest BCUT2D eigenvalue weighted by atomic mass is 16.5. The van der Waals surface area contributed by atoms with Gasteiger partial charge in [-0.05, 0) is 56.5 Å². The van der Waals surface area contributed by atoms with Gasteiger partial charge < -0.3 is 9.64 Å². The van der Waals surface area contributed by atoms with Crippen molar-refractivity contribution in [1.82, 2.24) is 4.90 Å². The SMILES string of the molecule is CCOC(=O)CCN(Cc1ccc(C)cc1)C(=O)c1ccc(C)c(C)c1. The van der Waals surface area contributed by atoms with Gasteiger partial charge >= 0.3 is 5.97 Å². The van der Waals surface area contributed by atoms with E-state index in [0.29, 0.717) is 25.3 Å². The number of carbonyl (C=O) groups is 2. The minimum Gasteiger partial charge on any atom is -0.466 e. The summed E-state index contributed by atoms with van der Waals surface area (Å²) in [6, 6.07) is 13.8. The first-order valence-electron chi connectivity index (χ1n) is 8.98. The number of nitrogens with zero attached hydrogens (tertiary/aromatic N) is 1. The maximum absolute atomic E-state index is 13.0. The summed E-state index contributed by atoms with van der Waals surface area (Å²) < 4.78 is 5.00. The van der Waals surface area contributed by atoms with E-state index in [2.05, 4.69) is 0 Å². The Morgan fingerprint density at radius 2 is 1.65 bits per heavy atom. The summed E-state index contributed by atoms with van der Waals surface area (Å²) in [7, 11) is 0. The molecule has 4 nitrogen and oxygen atoms in total. The largest absolute Gasteiger partial charge is 0.466 e. The van der Waals surface area contributed by atoms with Gasteiger partial charge in [-0.25, -0.2) is 0 Å². The van der Waals surface area contributed by atoms with Crippen molar-refractivity contribution >= 4 is 11.9 Å². The van der Waals surface area contributed by atoms with Crippen LogP contribution in [0.15, 0.2) is 42.5 Å². The van der Waals surface area contributed by atoms with Gasteiger partial charge in [0.05, 0.1) is 13.0 Å². The molecule has 26 heavy (non-hydrogen) atoms. The molecule has 0 heterocycles. The monoisotopic (exact) mass is 353 g/mol.